The second kappa shape index (κ2) is 10.9. The normalized spacial score (nSPS) is 13.7. The molecule has 0 spiro atoms. The predicted octanol–water partition coefficient (Wildman–Crippen LogP) is 3.60. The van der Waals surface area contributed by atoms with Crippen LogP contribution in [0.5, 0.6) is 0 Å². The van der Waals surface area contributed by atoms with E-state index in [1.165, 1.54) is 0 Å². The highest BCUT2D eigenvalue weighted by Crippen LogP contribution is 2.12. The zero-order chi connectivity index (χ0) is 20.4. The van der Waals surface area contributed by atoms with Crippen molar-refractivity contribution < 1.29 is 19.1 Å². The minimum Gasteiger partial charge on any atom is -0.465 e. The van der Waals surface area contributed by atoms with Crippen LogP contribution in [-0.4, -0.2) is 48.3 Å². The number of alkyl carbamates (subject to hydrolysis) is 1. The van der Waals surface area contributed by atoms with Crippen molar-refractivity contribution in [1.82, 2.24) is 10.2 Å². The summed E-state index contributed by atoms with van der Waals surface area (Å²) in [6.07, 6.45) is -0.429. The summed E-state index contributed by atoms with van der Waals surface area (Å²) in [7, 11) is 0. The molecule has 1 aromatic carbocycles. The molecule has 0 aliphatic rings. The van der Waals surface area contributed by atoms with E-state index in [-0.39, 0.29) is 24.5 Å². The van der Waals surface area contributed by atoms with E-state index in [1.807, 2.05) is 69.9 Å². The summed E-state index contributed by atoms with van der Waals surface area (Å²) in [4.78, 5) is 26.0. The van der Waals surface area contributed by atoms with E-state index in [4.69, 9.17) is 9.47 Å². The first kappa shape index (κ1) is 23.0. The zero-order valence-corrected chi connectivity index (χ0v) is 17.5. The Kier molecular flexibility index (Phi) is 9.29. The topological polar surface area (TPSA) is 67.9 Å². The molecule has 1 amide bonds. The molecular formula is C21H34N2O4. The lowest BCUT2D eigenvalue weighted by Gasteiger charge is -2.29. The van der Waals surface area contributed by atoms with E-state index in [1.54, 1.807) is 6.92 Å². The number of rotatable bonds is 9. The van der Waals surface area contributed by atoms with Crippen LogP contribution in [0.1, 0.15) is 47.1 Å². The minimum atomic E-state index is -0.531. The quantitative estimate of drug-likeness (QED) is 0.665. The van der Waals surface area contributed by atoms with Gasteiger partial charge in [0, 0.05) is 19.1 Å². The highest BCUT2D eigenvalue weighted by atomic mass is 16.6. The Morgan fingerprint density at radius 3 is 2.33 bits per heavy atom. The molecule has 0 saturated heterocycles. The van der Waals surface area contributed by atoms with Crippen molar-refractivity contribution in [2.45, 2.75) is 59.7 Å². The number of carbonyl (C=O) groups is 2. The van der Waals surface area contributed by atoms with E-state index >= 15 is 0 Å². The Labute approximate surface area is 163 Å². The summed E-state index contributed by atoms with van der Waals surface area (Å²) in [6, 6.07) is 9.90. The Bertz CT molecular complexity index is 584. The van der Waals surface area contributed by atoms with E-state index < -0.39 is 11.7 Å². The molecule has 0 heterocycles. The number of nitrogens with one attached hydrogen (secondary N) is 1. The van der Waals surface area contributed by atoms with Gasteiger partial charge in [-0.1, -0.05) is 37.3 Å². The molecule has 152 valence electrons. The van der Waals surface area contributed by atoms with Gasteiger partial charge in [0.25, 0.3) is 0 Å². The van der Waals surface area contributed by atoms with Crippen LogP contribution in [0, 0.1) is 5.92 Å². The standard InChI is InChI=1S/C21H34N2O4/c1-7-26-19(24)15-23(14-18-11-9-8-10-12-18)13-16(2)17(3)22-20(25)27-21(4,5)6/h8-12,16-17H,7,13-15H2,1-6H3,(H,22,25)/t16?,17-/m1/s1. The number of esters is 1. The second-order valence-corrected chi connectivity index (χ2v) is 7.87. The van der Waals surface area contributed by atoms with Gasteiger partial charge in [-0.25, -0.2) is 4.79 Å². The molecule has 0 aromatic heterocycles. The molecule has 1 aromatic rings. The van der Waals surface area contributed by atoms with Gasteiger partial charge < -0.3 is 14.8 Å². The van der Waals surface area contributed by atoms with Crippen molar-refractivity contribution in [1.29, 1.82) is 0 Å². The van der Waals surface area contributed by atoms with E-state index in [9.17, 15) is 9.59 Å². The van der Waals surface area contributed by atoms with Crippen LogP contribution in [0.15, 0.2) is 30.3 Å². The Morgan fingerprint density at radius 2 is 1.78 bits per heavy atom. The maximum atomic E-state index is 12.0. The summed E-state index contributed by atoms with van der Waals surface area (Å²) in [5.74, 6) is -0.121. The lowest BCUT2D eigenvalue weighted by Crippen LogP contribution is -2.44. The number of benzene rings is 1. The van der Waals surface area contributed by atoms with Gasteiger partial charge in [-0.2, -0.15) is 0 Å². The maximum absolute atomic E-state index is 12.0. The number of carbonyl (C=O) groups excluding carboxylic acids is 2. The summed E-state index contributed by atoms with van der Waals surface area (Å²) < 4.78 is 10.4. The fraction of sp³-hybridized carbons (Fsp3) is 0.619. The van der Waals surface area contributed by atoms with Crippen LogP contribution in [0.2, 0.25) is 0 Å². The lowest BCUT2D eigenvalue weighted by atomic mass is 10.0. The van der Waals surface area contributed by atoms with Crippen LogP contribution in [0.4, 0.5) is 4.79 Å². The van der Waals surface area contributed by atoms with Crippen LogP contribution in [0.25, 0.3) is 0 Å². The van der Waals surface area contributed by atoms with E-state index in [2.05, 4.69) is 5.32 Å². The zero-order valence-electron chi connectivity index (χ0n) is 17.5. The van der Waals surface area contributed by atoms with Crippen molar-refractivity contribution in [3.8, 4) is 0 Å². The third-order valence-electron chi connectivity index (χ3n) is 4.05. The third-order valence-corrected chi connectivity index (χ3v) is 4.05. The first-order chi connectivity index (χ1) is 12.6. The monoisotopic (exact) mass is 378 g/mol. The predicted molar refractivity (Wildman–Crippen MR) is 106 cm³/mol. The minimum absolute atomic E-state index is 0.0969. The number of amides is 1. The first-order valence-electron chi connectivity index (χ1n) is 9.52. The van der Waals surface area contributed by atoms with Crippen LogP contribution >= 0.6 is 0 Å². The molecule has 0 fully saturated rings. The Balaban J connectivity index is 2.68. The molecule has 2 atom stereocenters. The van der Waals surface area contributed by atoms with Gasteiger partial charge in [-0.15, -0.1) is 0 Å². The summed E-state index contributed by atoms with van der Waals surface area (Å²) >= 11 is 0. The second-order valence-electron chi connectivity index (χ2n) is 7.87. The summed E-state index contributed by atoms with van der Waals surface area (Å²) in [5, 5.41) is 2.88. The van der Waals surface area contributed by atoms with Crippen molar-refractivity contribution in [2.75, 3.05) is 19.7 Å². The van der Waals surface area contributed by atoms with E-state index in [0.717, 1.165) is 5.56 Å². The maximum Gasteiger partial charge on any atom is 0.407 e. The van der Waals surface area contributed by atoms with Gasteiger partial charge >= 0.3 is 12.1 Å². The van der Waals surface area contributed by atoms with Gasteiger partial charge in [-0.3, -0.25) is 9.69 Å². The number of nitrogens with zero attached hydrogens (tertiary/aromatic N) is 1. The molecule has 0 aliphatic heterocycles. The Morgan fingerprint density at radius 1 is 1.15 bits per heavy atom. The lowest BCUT2D eigenvalue weighted by molar-refractivity contribution is -0.144. The van der Waals surface area contributed by atoms with Gasteiger partial charge in [0.1, 0.15) is 5.60 Å². The van der Waals surface area contributed by atoms with Crippen LogP contribution in [-0.2, 0) is 20.8 Å². The highest BCUT2D eigenvalue weighted by Gasteiger charge is 2.23. The van der Waals surface area contributed by atoms with Crippen LogP contribution in [0.3, 0.4) is 0 Å². The summed E-state index contributed by atoms with van der Waals surface area (Å²) in [6.45, 7) is 13.2. The van der Waals surface area contributed by atoms with Gasteiger partial charge in [0.2, 0.25) is 0 Å². The van der Waals surface area contributed by atoms with Crippen LogP contribution < -0.4 is 5.32 Å². The molecule has 0 bridgehead atoms. The van der Waals surface area contributed by atoms with Crippen molar-refractivity contribution in [2.24, 2.45) is 5.92 Å². The smallest absolute Gasteiger partial charge is 0.407 e. The summed E-state index contributed by atoms with van der Waals surface area (Å²) in [5.41, 5.74) is 0.595. The molecule has 6 nitrogen and oxygen atoms in total. The van der Waals surface area contributed by atoms with E-state index in [0.29, 0.717) is 19.7 Å². The molecular weight excluding hydrogens is 344 g/mol. The SMILES string of the molecule is CCOC(=O)CN(Cc1ccccc1)CC(C)[C@@H](C)NC(=O)OC(C)(C)C. The van der Waals surface area contributed by atoms with Crippen molar-refractivity contribution in [3.05, 3.63) is 35.9 Å². The molecule has 0 saturated carbocycles. The molecule has 1 unspecified atom stereocenters. The largest absolute Gasteiger partial charge is 0.465 e. The van der Waals surface area contributed by atoms with Gasteiger partial charge in [-0.05, 0) is 46.1 Å². The molecule has 0 aliphatic carbocycles. The fourth-order valence-electron chi connectivity index (χ4n) is 2.62. The highest BCUT2D eigenvalue weighted by molar-refractivity contribution is 5.71. The molecule has 1 rings (SSSR count). The number of hydrogen-bond donors (Lipinski definition) is 1. The number of ether oxygens (including phenoxy) is 2. The molecule has 0 radical (unpaired) electrons. The van der Waals surface area contributed by atoms with Gasteiger partial charge in [0.05, 0.1) is 13.2 Å². The first-order valence-corrected chi connectivity index (χ1v) is 9.52. The molecule has 1 N–H and O–H groups in total. The average molecular weight is 379 g/mol. The average Bonchev–Trinajstić information content (AvgIpc) is 2.53. The molecule has 6 heteroatoms. The van der Waals surface area contributed by atoms with Crippen molar-refractivity contribution in [3.63, 3.8) is 0 Å². The number of hydrogen-bond acceptors (Lipinski definition) is 5. The molecule has 27 heavy (non-hydrogen) atoms. The fourth-order valence-corrected chi connectivity index (χ4v) is 2.62. The van der Waals surface area contributed by atoms with Gasteiger partial charge in [0.15, 0.2) is 0 Å². The Hall–Kier alpha value is -2.08. The third kappa shape index (κ3) is 9.99. The van der Waals surface area contributed by atoms with Crippen molar-refractivity contribution >= 4 is 12.1 Å².